The molecule has 0 unspecified atom stereocenters. The van der Waals surface area contributed by atoms with Crippen LogP contribution in [0, 0.1) is 5.82 Å². The van der Waals surface area contributed by atoms with E-state index in [2.05, 4.69) is 28.2 Å². The van der Waals surface area contributed by atoms with Gasteiger partial charge in [0, 0.05) is 10.5 Å². The first-order chi connectivity index (χ1) is 7.20. The molecule has 0 radical (unpaired) electrons. The monoisotopic (exact) mass is 271 g/mol. The lowest BCUT2D eigenvalue weighted by Crippen LogP contribution is -2.39. The van der Waals surface area contributed by atoms with Crippen LogP contribution in [-0.4, -0.2) is 12.6 Å². The van der Waals surface area contributed by atoms with Crippen molar-refractivity contribution >= 4 is 15.9 Å². The molecule has 0 amide bonds. The zero-order chi connectivity index (χ0) is 10.8. The van der Waals surface area contributed by atoms with Crippen molar-refractivity contribution in [3.8, 4) is 0 Å². The van der Waals surface area contributed by atoms with Gasteiger partial charge in [0.2, 0.25) is 0 Å². The Morgan fingerprint density at radius 3 is 2.80 bits per heavy atom. The van der Waals surface area contributed by atoms with Gasteiger partial charge >= 0.3 is 0 Å². The van der Waals surface area contributed by atoms with E-state index in [1.165, 1.54) is 5.56 Å². The van der Waals surface area contributed by atoms with Gasteiger partial charge in [-0.25, -0.2) is 4.39 Å². The maximum atomic E-state index is 12.9. The molecule has 1 N–H and O–H groups in total. The van der Waals surface area contributed by atoms with Gasteiger partial charge in [-0.1, -0.05) is 28.9 Å². The van der Waals surface area contributed by atoms with Gasteiger partial charge in [0.1, 0.15) is 5.82 Å². The van der Waals surface area contributed by atoms with E-state index < -0.39 is 0 Å². The molecule has 1 aliphatic carbocycles. The normalized spacial score (nSPS) is 25.0. The van der Waals surface area contributed by atoms with Crippen LogP contribution in [-0.2, 0) is 0 Å². The van der Waals surface area contributed by atoms with Crippen molar-refractivity contribution in [3.63, 3.8) is 0 Å². The quantitative estimate of drug-likeness (QED) is 0.888. The molecule has 3 heteroatoms. The molecule has 0 aliphatic heterocycles. The zero-order valence-corrected chi connectivity index (χ0v) is 10.3. The Morgan fingerprint density at radius 1 is 1.47 bits per heavy atom. The van der Waals surface area contributed by atoms with Crippen molar-refractivity contribution in [3.05, 3.63) is 34.1 Å². The highest BCUT2D eigenvalue weighted by molar-refractivity contribution is 9.10. The smallest absolute Gasteiger partial charge is 0.124 e. The van der Waals surface area contributed by atoms with Gasteiger partial charge in [-0.3, -0.25) is 0 Å². The van der Waals surface area contributed by atoms with Crippen LogP contribution >= 0.6 is 15.9 Å². The molecule has 1 aliphatic rings. The van der Waals surface area contributed by atoms with Crippen molar-refractivity contribution in [1.82, 2.24) is 5.32 Å². The van der Waals surface area contributed by atoms with E-state index in [-0.39, 0.29) is 5.82 Å². The van der Waals surface area contributed by atoms with E-state index >= 15 is 0 Å². The van der Waals surface area contributed by atoms with Gasteiger partial charge in [0.05, 0.1) is 0 Å². The predicted molar refractivity (Wildman–Crippen MR) is 63.5 cm³/mol. The Morgan fingerprint density at radius 2 is 2.20 bits per heavy atom. The van der Waals surface area contributed by atoms with Crippen LogP contribution in [0.15, 0.2) is 22.7 Å². The minimum atomic E-state index is -0.173. The molecule has 2 rings (SSSR count). The maximum absolute atomic E-state index is 12.9. The highest BCUT2D eigenvalue weighted by Crippen LogP contribution is 2.40. The number of hydrogen-bond donors (Lipinski definition) is 1. The molecule has 0 bridgehead atoms. The summed E-state index contributed by atoms with van der Waals surface area (Å²) in [6.45, 7) is 3.16. The van der Waals surface area contributed by atoms with E-state index in [4.69, 9.17) is 0 Å². The summed E-state index contributed by atoms with van der Waals surface area (Å²) in [5, 5.41) is 3.42. The van der Waals surface area contributed by atoms with Gasteiger partial charge in [0.25, 0.3) is 0 Å². The Hall–Kier alpha value is -0.410. The van der Waals surface area contributed by atoms with Crippen LogP contribution in [0.2, 0.25) is 0 Å². The molecule has 1 saturated carbocycles. The van der Waals surface area contributed by atoms with Crippen molar-refractivity contribution in [1.29, 1.82) is 0 Å². The molecule has 1 nitrogen and oxygen atoms in total. The Labute approximate surface area is 98.2 Å². The molecule has 0 aromatic heterocycles. The fourth-order valence-corrected chi connectivity index (χ4v) is 2.83. The van der Waals surface area contributed by atoms with Gasteiger partial charge in [0.15, 0.2) is 0 Å². The van der Waals surface area contributed by atoms with Gasteiger partial charge in [-0.05, 0) is 43.0 Å². The first kappa shape index (κ1) is 11.1. The van der Waals surface area contributed by atoms with Crippen molar-refractivity contribution in [2.24, 2.45) is 0 Å². The molecule has 15 heavy (non-hydrogen) atoms. The zero-order valence-electron chi connectivity index (χ0n) is 8.76. The second-order valence-electron chi connectivity index (χ2n) is 4.09. The van der Waals surface area contributed by atoms with Gasteiger partial charge in [-0.15, -0.1) is 0 Å². The second-order valence-corrected chi connectivity index (χ2v) is 4.94. The number of benzene rings is 1. The molecule has 1 fully saturated rings. The summed E-state index contributed by atoms with van der Waals surface area (Å²) in [7, 11) is 0. The Bertz CT molecular complexity index is 347. The molecular weight excluding hydrogens is 257 g/mol. The molecule has 0 atom stereocenters. The van der Waals surface area contributed by atoms with E-state index in [9.17, 15) is 4.39 Å². The summed E-state index contributed by atoms with van der Waals surface area (Å²) in [6, 6.07) is 5.64. The minimum absolute atomic E-state index is 0.173. The van der Waals surface area contributed by atoms with E-state index in [1.54, 1.807) is 12.1 Å². The van der Waals surface area contributed by atoms with Crippen LogP contribution < -0.4 is 5.32 Å². The third-order valence-electron chi connectivity index (χ3n) is 3.03. The first-order valence-electron chi connectivity index (χ1n) is 5.39. The highest BCUT2D eigenvalue weighted by atomic mass is 79.9. The third kappa shape index (κ3) is 2.40. The summed E-state index contributed by atoms with van der Waals surface area (Å²) in [5.74, 6) is 0.414. The van der Waals surface area contributed by atoms with Crippen LogP contribution in [0.3, 0.4) is 0 Å². The van der Waals surface area contributed by atoms with E-state index in [0.29, 0.717) is 12.0 Å². The molecule has 82 valence electrons. The fraction of sp³-hybridized carbons (Fsp3) is 0.500. The topological polar surface area (TPSA) is 12.0 Å². The number of nitrogens with one attached hydrogen (secondary N) is 1. The van der Waals surface area contributed by atoms with Crippen molar-refractivity contribution in [2.75, 3.05) is 6.54 Å². The predicted octanol–water partition coefficient (Wildman–Crippen LogP) is 3.44. The Balaban J connectivity index is 2.01. The molecule has 0 saturated heterocycles. The van der Waals surface area contributed by atoms with Crippen LogP contribution in [0.25, 0.3) is 0 Å². The number of rotatable bonds is 3. The van der Waals surface area contributed by atoms with Gasteiger partial charge in [-0.2, -0.15) is 0 Å². The third-order valence-corrected chi connectivity index (χ3v) is 3.72. The second kappa shape index (κ2) is 4.62. The van der Waals surface area contributed by atoms with E-state index in [0.717, 1.165) is 23.9 Å². The summed E-state index contributed by atoms with van der Waals surface area (Å²) in [6.07, 6.45) is 2.33. The summed E-state index contributed by atoms with van der Waals surface area (Å²) in [4.78, 5) is 0. The molecule has 0 heterocycles. The first-order valence-corrected chi connectivity index (χ1v) is 6.18. The summed E-state index contributed by atoms with van der Waals surface area (Å²) in [5.41, 5.74) is 1.24. The lowest BCUT2D eigenvalue weighted by Gasteiger charge is -2.36. The van der Waals surface area contributed by atoms with Crippen molar-refractivity contribution in [2.45, 2.75) is 31.7 Å². The minimum Gasteiger partial charge on any atom is -0.314 e. The largest absolute Gasteiger partial charge is 0.314 e. The lowest BCUT2D eigenvalue weighted by molar-refractivity contribution is 0.295. The number of hydrogen-bond acceptors (Lipinski definition) is 1. The summed E-state index contributed by atoms with van der Waals surface area (Å²) < 4.78 is 13.8. The highest BCUT2D eigenvalue weighted by Gasteiger charge is 2.30. The SMILES string of the molecule is CCNC1CC(c2ccc(F)cc2Br)C1. The molecule has 1 aromatic carbocycles. The van der Waals surface area contributed by atoms with Crippen LogP contribution in [0.5, 0.6) is 0 Å². The lowest BCUT2D eigenvalue weighted by atomic mass is 9.76. The maximum Gasteiger partial charge on any atom is 0.124 e. The van der Waals surface area contributed by atoms with Crippen LogP contribution in [0.1, 0.15) is 31.2 Å². The van der Waals surface area contributed by atoms with Gasteiger partial charge < -0.3 is 5.32 Å². The standard InChI is InChI=1S/C12H15BrFN/c1-2-15-10-5-8(6-10)11-4-3-9(14)7-12(11)13/h3-4,7-8,10,15H,2,5-6H2,1H3. The molecule has 0 spiro atoms. The van der Waals surface area contributed by atoms with Crippen LogP contribution in [0.4, 0.5) is 4.39 Å². The summed E-state index contributed by atoms with van der Waals surface area (Å²) >= 11 is 3.42. The molecular formula is C12H15BrFN. The van der Waals surface area contributed by atoms with Crippen molar-refractivity contribution < 1.29 is 4.39 Å². The van der Waals surface area contributed by atoms with E-state index in [1.807, 2.05) is 6.07 Å². The fourth-order valence-electron chi connectivity index (χ4n) is 2.16. The average molecular weight is 272 g/mol. The Kier molecular flexibility index (Phi) is 3.42. The number of halogens is 2. The molecule has 1 aromatic rings. The average Bonchev–Trinajstić information content (AvgIpc) is 2.12.